The maximum absolute atomic E-state index is 14.2. The first-order valence-corrected chi connectivity index (χ1v) is 15.7. The summed E-state index contributed by atoms with van der Waals surface area (Å²) in [7, 11) is -2.57. The van der Waals surface area contributed by atoms with Gasteiger partial charge < -0.3 is 15.0 Å². The molecule has 0 unspecified atom stereocenters. The van der Waals surface area contributed by atoms with E-state index in [0.29, 0.717) is 11.4 Å². The van der Waals surface area contributed by atoms with Crippen molar-refractivity contribution >= 4 is 50.7 Å². The first-order chi connectivity index (χ1) is 19.4. The van der Waals surface area contributed by atoms with Gasteiger partial charge in [-0.15, -0.1) is 0 Å². The quantitative estimate of drug-likeness (QED) is 0.279. The van der Waals surface area contributed by atoms with Gasteiger partial charge in [0.15, 0.2) is 0 Å². The molecule has 0 aliphatic heterocycles. The highest BCUT2D eigenvalue weighted by Crippen LogP contribution is 2.33. The number of methoxy groups -OCH3 is 1. The van der Waals surface area contributed by atoms with Gasteiger partial charge in [0.05, 0.1) is 19.1 Å². The van der Waals surface area contributed by atoms with Crippen molar-refractivity contribution in [2.24, 2.45) is 0 Å². The molecule has 0 aromatic heterocycles. The average Bonchev–Trinajstić information content (AvgIpc) is 2.94. The highest BCUT2D eigenvalue weighted by atomic mass is 35.5. The summed E-state index contributed by atoms with van der Waals surface area (Å²) in [5, 5.41) is 3.80. The number of nitrogens with one attached hydrogen (secondary N) is 1. The molecule has 0 aliphatic rings. The Morgan fingerprint density at radius 3 is 2.17 bits per heavy atom. The van der Waals surface area contributed by atoms with Crippen LogP contribution in [0.25, 0.3) is 0 Å². The van der Waals surface area contributed by atoms with Crippen LogP contribution in [0, 0.1) is 0 Å². The molecular weight excluding hydrogens is 585 g/mol. The minimum absolute atomic E-state index is 0.0473. The maximum atomic E-state index is 14.2. The fourth-order valence-electron chi connectivity index (χ4n) is 4.23. The summed E-state index contributed by atoms with van der Waals surface area (Å²) in [4.78, 5) is 29.3. The van der Waals surface area contributed by atoms with Gasteiger partial charge in [0.2, 0.25) is 21.8 Å². The number of halogens is 2. The molecule has 3 aromatic rings. The molecule has 0 fully saturated rings. The zero-order chi connectivity index (χ0) is 30.2. The van der Waals surface area contributed by atoms with Gasteiger partial charge in [0, 0.05) is 29.1 Å². The van der Waals surface area contributed by atoms with Gasteiger partial charge in [-0.1, -0.05) is 72.6 Å². The fourth-order valence-corrected chi connectivity index (χ4v) is 5.37. The molecule has 0 spiro atoms. The lowest BCUT2D eigenvalue weighted by molar-refractivity contribution is -0.140. The third-order valence-corrected chi connectivity index (χ3v) is 8.24. The van der Waals surface area contributed by atoms with Crippen molar-refractivity contribution in [3.8, 4) is 5.75 Å². The Balaban J connectivity index is 2.10. The van der Waals surface area contributed by atoms with Gasteiger partial charge in [0.25, 0.3) is 0 Å². The molecule has 0 heterocycles. The summed E-state index contributed by atoms with van der Waals surface area (Å²) >= 11 is 12.3. The number of anilines is 1. The van der Waals surface area contributed by atoms with Crippen LogP contribution in [0.5, 0.6) is 5.75 Å². The van der Waals surface area contributed by atoms with Crippen molar-refractivity contribution in [1.29, 1.82) is 0 Å². The van der Waals surface area contributed by atoms with Crippen LogP contribution in [0.4, 0.5) is 5.69 Å². The van der Waals surface area contributed by atoms with Crippen molar-refractivity contribution in [3.05, 3.63) is 94.0 Å². The van der Waals surface area contributed by atoms with E-state index in [1.54, 1.807) is 30.3 Å². The molecule has 0 bridgehead atoms. The van der Waals surface area contributed by atoms with Gasteiger partial charge in [-0.2, -0.15) is 0 Å². The number of benzene rings is 3. The zero-order valence-electron chi connectivity index (χ0n) is 23.5. The third-order valence-electron chi connectivity index (χ3n) is 6.63. The number of amides is 2. The smallest absolute Gasteiger partial charge is 0.244 e. The molecular formula is C30H35Cl2N3O5S. The fraction of sp³-hybridized carbons (Fsp3) is 0.333. The van der Waals surface area contributed by atoms with Crippen molar-refractivity contribution in [2.75, 3.05) is 24.2 Å². The summed E-state index contributed by atoms with van der Waals surface area (Å²) in [6.45, 7) is 3.31. The van der Waals surface area contributed by atoms with Crippen LogP contribution in [0.3, 0.4) is 0 Å². The zero-order valence-corrected chi connectivity index (χ0v) is 25.8. The topological polar surface area (TPSA) is 96.0 Å². The van der Waals surface area contributed by atoms with Crippen molar-refractivity contribution < 1.29 is 22.7 Å². The predicted octanol–water partition coefficient (Wildman–Crippen LogP) is 5.32. The number of carbonyl (C=O) groups is 2. The number of ether oxygens (including phenoxy) is 1. The molecule has 220 valence electrons. The lowest BCUT2D eigenvalue weighted by Crippen LogP contribution is -2.54. The van der Waals surface area contributed by atoms with Crippen LogP contribution in [0.1, 0.15) is 31.4 Å². The van der Waals surface area contributed by atoms with E-state index in [1.165, 1.54) is 24.1 Å². The lowest BCUT2D eigenvalue weighted by Gasteiger charge is -2.34. The normalized spacial score (nSPS) is 12.7. The van der Waals surface area contributed by atoms with Gasteiger partial charge in [-0.3, -0.25) is 13.9 Å². The van der Waals surface area contributed by atoms with E-state index in [0.717, 1.165) is 21.7 Å². The van der Waals surface area contributed by atoms with E-state index in [9.17, 15) is 18.0 Å². The number of carbonyl (C=O) groups excluding carboxylic acids is 2. The number of sulfonamides is 1. The predicted molar refractivity (Wildman–Crippen MR) is 164 cm³/mol. The van der Waals surface area contributed by atoms with Crippen LogP contribution in [-0.2, 0) is 32.6 Å². The Kier molecular flexibility index (Phi) is 11.5. The Morgan fingerprint density at radius 2 is 1.59 bits per heavy atom. The van der Waals surface area contributed by atoms with Crippen LogP contribution < -0.4 is 14.4 Å². The first kappa shape index (κ1) is 32.2. The number of hydrogen-bond acceptors (Lipinski definition) is 5. The minimum atomic E-state index is -3.97. The summed E-state index contributed by atoms with van der Waals surface area (Å²) in [6, 6.07) is 19.8. The molecule has 0 saturated carbocycles. The molecule has 1 N–H and O–H groups in total. The largest absolute Gasteiger partial charge is 0.495 e. The van der Waals surface area contributed by atoms with Crippen molar-refractivity contribution in [2.45, 2.75) is 45.3 Å². The van der Waals surface area contributed by atoms with Gasteiger partial charge in [-0.05, 0) is 54.8 Å². The Bertz CT molecular complexity index is 1440. The van der Waals surface area contributed by atoms with E-state index in [-0.39, 0.29) is 41.4 Å². The van der Waals surface area contributed by atoms with E-state index in [4.69, 9.17) is 27.9 Å². The summed E-state index contributed by atoms with van der Waals surface area (Å²) in [6.07, 6.45) is 1.92. The van der Waals surface area contributed by atoms with Crippen molar-refractivity contribution in [3.63, 3.8) is 0 Å². The molecule has 41 heavy (non-hydrogen) atoms. The van der Waals surface area contributed by atoms with E-state index >= 15 is 0 Å². The molecule has 2 amide bonds. The van der Waals surface area contributed by atoms with Gasteiger partial charge in [-0.25, -0.2) is 8.42 Å². The number of nitrogens with zero attached hydrogens (tertiary/aromatic N) is 2. The van der Waals surface area contributed by atoms with Gasteiger partial charge >= 0.3 is 0 Å². The van der Waals surface area contributed by atoms with E-state index < -0.39 is 28.5 Å². The van der Waals surface area contributed by atoms with Crippen LogP contribution in [-0.4, -0.2) is 57.1 Å². The maximum Gasteiger partial charge on any atom is 0.244 e. The molecule has 3 rings (SSSR count). The second kappa shape index (κ2) is 14.6. The summed E-state index contributed by atoms with van der Waals surface area (Å²) in [5.74, 6) is -0.684. The lowest BCUT2D eigenvalue weighted by atomic mass is 10.0. The second-order valence-corrected chi connectivity index (χ2v) is 12.5. The molecule has 8 nitrogen and oxygen atoms in total. The minimum Gasteiger partial charge on any atom is -0.495 e. The first-order valence-electron chi connectivity index (χ1n) is 13.1. The van der Waals surface area contributed by atoms with E-state index in [2.05, 4.69) is 5.32 Å². The molecule has 11 heteroatoms. The van der Waals surface area contributed by atoms with Crippen molar-refractivity contribution in [1.82, 2.24) is 10.2 Å². The average molecular weight is 621 g/mol. The van der Waals surface area contributed by atoms with Crippen LogP contribution in [0.2, 0.25) is 10.0 Å². The molecule has 0 aliphatic carbocycles. The van der Waals surface area contributed by atoms with Crippen LogP contribution in [0.15, 0.2) is 72.8 Å². The molecule has 3 aromatic carbocycles. The Morgan fingerprint density at radius 1 is 0.951 bits per heavy atom. The highest BCUT2D eigenvalue weighted by Gasteiger charge is 2.34. The molecule has 2 atom stereocenters. The monoisotopic (exact) mass is 619 g/mol. The summed E-state index contributed by atoms with van der Waals surface area (Å²) in [5.41, 5.74) is 1.69. The summed E-state index contributed by atoms with van der Waals surface area (Å²) < 4.78 is 32.3. The van der Waals surface area contributed by atoms with E-state index in [1.807, 2.05) is 44.2 Å². The standard InChI is InChI=1S/C30H35Cl2N3O5S/c1-5-21(2)33-30(37)27(17-22-9-7-6-8-10-22)34(19-23-11-13-24(31)14-12-23)29(36)20-35(41(4,38)39)26-18-25(32)15-16-28(26)40-3/h6-16,18,21,27H,5,17,19-20H2,1-4H3,(H,33,37)/t21-,27+/m0/s1. The SMILES string of the molecule is CC[C@H](C)NC(=O)[C@@H](Cc1ccccc1)N(Cc1ccc(Cl)cc1)C(=O)CN(c1cc(Cl)ccc1OC)S(C)(=O)=O. The van der Waals surface area contributed by atoms with Gasteiger partial charge in [0.1, 0.15) is 18.3 Å². The second-order valence-electron chi connectivity index (χ2n) is 9.76. The Hall–Kier alpha value is -3.27. The number of hydrogen-bond donors (Lipinski definition) is 1. The molecule has 0 radical (unpaired) electrons. The highest BCUT2D eigenvalue weighted by molar-refractivity contribution is 7.92. The molecule has 0 saturated heterocycles. The third kappa shape index (κ3) is 9.11. The van der Waals surface area contributed by atoms with Crippen LogP contribution >= 0.6 is 23.2 Å². The number of rotatable bonds is 13. The Labute approximate surface area is 252 Å².